The molecule has 0 spiro atoms. The summed E-state index contributed by atoms with van der Waals surface area (Å²) in [6, 6.07) is 5.81. The van der Waals surface area contributed by atoms with Crippen molar-refractivity contribution in [2.75, 3.05) is 7.05 Å². The quantitative estimate of drug-likeness (QED) is 0.848. The zero-order chi connectivity index (χ0) is 15.5. The molecule has 5 heteroatoms. The molecule has 0 heterocycles. The van der Waals surface area contributed by atoms with E-state index >= 15 is 0 Å². The van der Waals surface area contributed by atoms with Crippen LogP contribution in [0.2, 0.25) is 0 Å². The van der Waals surface area contributed by atoms with E-state index in [1.807, 2.05) is 26.1 Å². The highest BCUT2D eigenvalue weighted by Gasteiger charge is 2.27. The topological polar surface area (TPSA) is 58.2 Å². The van der Waals surface area contributed by atoms with Gasteiger partial charge in [0.1, 0.15) is 0 Å². The van der Waals surface area contributed by atoms with Gasteiger partial charge in [-0.05, 0) is 55.8 Å². The van der Waals surface area contributed by atoms with Crippen LogP contribution in [0.3, 0.4) is 0 Å². The molecule has 2 atom stereocenters. The minimum absolute atomic E-state index is 0.0858. The summed E-state index contributed by atoms with van der Waals surface area (Å²) in [7, 11) is -1.57. The molecule has 1 aliphatic rings. The average Bonchev–Trinajstić information content (AvgIpc) is 2.83. The van der Waals surface area contributed by atoms with Crippen molar-refractivity contribution >= 4 is 10.0 Å². The minimum atomic E-state index is -3.43. The Kier molecular flexibility index (Phi) is 5.41. The third-order valence-corrected chi connectivity index (χ3v) is 5.80. The van der Waals surface area contributed by atoms with Gasteiger partial charge in [0.2, 0.25) is 10.0 Å². The van der Waals surface area contributed by atoms with Gasteiger partial charge in [0.05, 0.1) is 4.90 Å². The van der Waals surface area contributed by atoms with E-state index in [0.29, 0.717) is 17.4 Å². The Balaban J connectivity index is 2.27. The zero-order valence-corrected chi connectivity index (χ0v) is 14.0. The van der Waals surface area contributed by atoms with Gasteiger partial charge in [0, 0.05) is 12.6 Å². The Morgan fingerprint density at radius 2 is 2.05 bits per heavy atom. The molecular formula is C16H26N2O2S. The van der Waals surface area contributed by atoms with Crippen molar-refractivity contribution in [3.63, 3.8) is 0 Å². The van der Waals surface area contributed by atoms with Crippen molar-refractivity contribution in [2.45, 2.75) is 57.0 Å². The molecule has 0 bridgehead atoms. The molecule has 4 nitrogen and oxygen atoms in total. The van der Waals surface area contributed by atoms with Crippen molar-refractivity contribution in [1.82, 2.24) is 10.0 Å². The Bertz CT molecular complexity index is 584. The Morgan fingerprint density at radius 3 is 2.62 bits per heavy atom. The number of sulfonamides is 1. The van der Waals surface area contributed by atoms with Gasteiger partial charge in [-0.3, -0.25) is 0 Å². The third-order valence-electron chi connectivity index (χ3n) is 4.20. The molecule has 2 unspecified atom stereocenters. The summed E-state index contributed by atoms with van der Waals surface area (Å²) < 4.78 is 28.3. The van der Waals surface area contributed by atoms with Gasteiger partial charge in [-0.15, -0.1) is 0 Å². The Morgan fingerprint density at radius 1 is 1.29 bits per heavy atom. The van der Waals surface area contributed by atoms with Crippen LogP contribution in [0.1, 0.15) is 44.2 Å². The zero-order valence-electron chi connectivity index (χ0n) is 13.1. The first-order valence-electron chi connectivity index (χ1n) is 7.75. The molecule has 118 valence electrons. The van der Waals surface area contributed by atoms with E-state index in [4.69, 9.17) is 0 Å². The first kappa shape index (κ1) is 16.5. The lowest BCUT2D eigenvalue weighted by Crippen LogP contribution is -2.33. The number of hydrogen-bond donors (Lipinski definition) is 2. The standard InChI is InChI=1S/C16H26N2O2S/c1-4-14-7-6-13(11-17-3)10-16(14)21(19,20)18-15-8-5-12(2)9-15/h6-7,10,12,15,17-18H,4-5,8-9,11H2,1-3H3. The predicted molar refractivity (Wildman–Crippen MR) is 85.7 cm³/mol. The van der Waals surface area contributed by atoms with Gasteiger partial charge >= 0.3 is 0 Å². The van der Waals surface area contributed by atoms with E-state index in [1.54, 1.807) is 6.07 Å². The normalized spacial score (nSPS) is 22.6. The second kappa shape index (κ2) is 6.90. The number of aryl methyl sites for hydroxylation is 1. The second-order valence-corrected chi connectivity index (χ2v) is 7.74. The maximum atomic E-state index is 12.7. The van der Waals surface area contributed by atoms with Crippen LogP contribution in [-0.2, 0) is 23.0 Å². The molecule has 1 fully saturated rings. The van der Waals surface area contributed by atoms with Gasteiger partial charge in [-0.2, -0.15) is 0 Å². The average molecular weight is 310 g/mol. The van der Waals surface area contributed by atoms with Crippen LogP contribution < -0.4 is 10.0 Å². The van der Waals surface area contributed by atoms with E-state index in [2.05, 4.69) is 17.0 Å². The largest absolute Gasteiger partial charge is 0.316 e. The van der Waals surface area contributed by atoms with E-state index in [1.165, 1.54) is 0 Å². The molecule has 21 heavy (non-hydrogen) atoms. The number of hydrogen-bond acceptors (Lipinski definition) is 3. The Labute approximate surface area is 128 Å². The lowest BCUT2D eigenvalue weighted by Gasteiger charge is -2.16. The van der Waals surface area contributed by atoms with Gasteiger partial charge in [0.15, 0.2) is 0 Å². The molecule has 0 aromatic heterocycles. The van der Waals surface area contributed by atoms with Crippen LogP contribution in [0.25, 0.3) is 0 Å². The van der Waals surface area contributed by atoms with Gasteiger partial charge in [-0.25, -0.2) is 13.1 Å². The van der Waals surface area contributed by atoms with Gasteiger partial charge in [0.25, 0.3) is 0 Å². The van der Waals surface area contributed by atoms with Crippen molar-refractivity contribution in [1.29, 1.82) is 0 Å². The summed E-state index contributed by atoms with van der Waals surface area (Å²) in [5, 5.41) is 3.06. The highest BCUT2D eigenvalue weighted by atomic mass is 32.2. The van der Waals surface area contributed by atoms with Crippen LogP contribution in [-0.4, -0.2) is 21.5 Å². The lowest BCUT2D eigenvalue weighted by atomic mass is 10.1. The minimum Gasteiger partial charge on any atom is -0.316 e. The smallest absolute Gasteiger partial charge is 0.241 e. The molecule has 1 aromatic rings. The number of benzene rings is 1. The van der Waals surface area contributed by atoms with Crippen molar-refractivity contribution < 1.29 is 8.42 Å². The van der Waals surface area contributed by atoms with Crippen LogP contribution in [0.15, 0.2) is 23.1 Å². The maximum absolute atomic E-state index is 12.7. The molecule has 2 rings (SSSR count). The summed E-state index contributed by atoms with van der Waals surface area (Å²) in [6.45, 7) is 4.84. The molecule has 0 saturated heterocycles. The van der Waals surface area contributed by atoms with Crippen LogP contribution in [0.5, 0.6) is 0 Å². The fourth-order valence-electron chi connectivity index (χ4n) is 3.05. The molecule has 1 aromatic carbocycles. The van der Waals surface area contributed by atoms with Crippen molar-refractivity contribution in [2.24, 2.45) is 5.92 Å². The number of rotatable bonds is 6. The SMILES string of the molecule is CCc1ccc(CNC)cc1S(=O)(=O)NC1CCC(C)C1. The van der Waals surface area contributed by atoms with Crippen molar-refractivity contribution in [3.05, 3.63) is 29.3 Å². The second-order valence-electron chi connectivity index (χ2n) is 6.06. The maximum Gasteiger partial charge on any atom is 0.241 e. The monoisotopic (exact) mass is 310 g/mol. The summed E-state index contributed by atoms with van der Waals surface area (Å²) in [4.78, 5) is 0.442. The van der Waals surface area contributed by atoms with Crippen LogP contribution >= 0.6 is 0 Å². The fourth-order valence-corrected chi connectivity index (χ4v) is 4.70. The molecule has 1 aliphatic carbocycles. The fraction of sp³-hybridized carbons (Fsp3) is 0.625. The van der Waals surface area contributed by atoms with Gasteiger partial charge < -0.3 is 5.32 Å². The van der Waals surface area contributed by atoms with E-state index < -0.39 is 10.0 Å². The first-order valence-corrected chi connectivity index (χ1v) is 9.23. The Hall–Kier alpha value is -0.910. The third kappa shape index (κ3) is 4.05. The summed E-state index contributed by atoms with van der Waals surface area (Å²) in [5.41, 5.74) is 1.88. The first-order chi connectivity index (χ1) is 9.96. The summed E-state index contributed by atoms with van der Waals surface area (Å²) >= 11 is 0. The molecular weight excluding hydrogens is 284 g/mol. The van der Waals surface area contributed by atoms with E-state index in [9.17, 15) is 8.42 Å². The number of nitrogens with one attached hydrogen (secondary N) is 2. The summed E-state index contributed by atoms with van der Waals surface area (Å²) in [5.74, 6) is 0.610. The molecule has 1 saturated carbocycles. The molecule has 2 N–H and O–H groups in total. The lowest BCUT2D eigenvalue weighted by molar-refractivity contribution is 0.537. The van der Waals surface area contributed by atoms with Crippen LogP contribution in [0.4, 0.5) is 0 Å². The van der Waals surface area contributed by atoms with Gasteiger partial charge in [-0.1, -0.05) is 26.0 Å². The molecule has 0 radical (unpaired) electrons. The summed E-state index contributed by atoms with van der Waals surface area (Å²) in [6.07, 6.45) is 3.71. The predicted octanol–water partition coefficient (Wildman–Crippen LogP) is 2.44. The van der Waals surface area contributed by atoms with E-state index in [0.717, 1.165) is 36.8 Å². The van der Waals surface area contributed by atoms with E-state index in [-0.39, 0.29) is 6.04 Å². The van der Waals surface area contributed by atoms with Crippen molar-refractivity contribution in [3.8, 4) is 0 Å². The highest BCUT2D eigenvalue weighted by molar-refractivity contribution is 7.89. The highest BCUT2D eigenvalue weighted by Crippen LogP contribution is 2.27. The van der Waals surface area contributed by atoms with Crippen LogP contribution in [0, 0.1) is 5.92 Å². The molecule has 0 amide bonds. The molecule has 0 aliphatic heterocycles.